The van der Waals surface area contributed by atoms with Gasteiger partial charge in [-0.05, 0) is 42.8 Å². The lowest BCUT2D eigenvalue weighted by Gasteiger charge is -2.25. The maximum absolute atomic E-state index is 12.4. The molecule has 1 heterocycles. The Bertz CT molecular complexity index is 407. The van der Waals surface area contributed by atoms with E-state index in [4.69, 9.17) is 0 Å². The summed E-state index contributed by atoms with van der Waals surface area (Å²) in [6.45, 7) is 6.67. The van der Waals surface area contributed by atoms with Crippen LogP contribution in [0.4, 0.5) is 5.82 Å². The number of aromatic nitrogens is 1. The maximum atomic E-state index is 12.4. The Morgan fingerprint density at radius 3 is 2.71 bits per heavy atom. The molecule has 1 aromatic heterocycles. The topological polar surface area (TPSA) is 45.2 Å². The second-order valence-electron chi connectivity index (χ2n) is 3.98. The van der Waals surface area contributed by atoms with Gasteiger partial charge in [-0.2, -0.15) is 0 Å². The van der Waals surface area contributed by atoms with Gasteiger partial charge in [0.2, 0.25) is 0 Å². The quantitative estimate of drug-likeness (QED) is 0.930. The summed E-state index contributed by atoms with van der Waals surface area (Å²) in [4.78, 5) is 18.4. The Morgan fingerprint density at radius 2 is 2.24 bits per heavy atom. The first-order valence-corrected chi connectivity index (χ1v) is 6.44. The fraction of sp³-hybridized carbons (Fsp3) is 0.500. The van der Waals surface area contributed by atoms with Crippen molar-refractivity contribution in [3.05, 3.63) is 22.3 Å². The number of halogens is 1. The maximum Gasteiger partial charge on any atom is 0.257 e. The molecule has 1 amide bonds. The number of pyridine rings is 1. The van der Waals surface area contributed by atoms with Crippen LogP contribution in [-0.2, 0) is 0 Å². The van der Waals surface area contributed by atoms with E-state index < -0.39 is 0 Å². The van der Waals surface area contributed by atoms with Crippen LogP contribution in [0.1, 0.15) is 31.1 Å². The van der Waals surface area contributed by atoms with Crippen molar-refractivity contribution in [3.63, 3.8) is 0 Å². The molecule has 0 radical (unpaired) electrons. The SMILES string of the molecule is CCN(C(=O)c1cc(Br)cnc1NC)C(C)C. The zero-order chi connectivity index (χ0) is 13.0. The number of rotatable bonds is 4. The third-order valence-corrected chi connectivity index (χ3v) is 2.98. The van der Waals surface area contributed by atoms with Crippen LogP contribution in [0.2, 0.25) is 0 Å². The van der Waals surface area contributed by atoms with E-state index in [1.54, 1.807) is 19.3 Å². The molecule has 0 aliphatic carbocycles. The van der Waals surface area contributed by atoms with Gasteiger partial charge in [0.25, 0.3) is 5.91 Å². The van der Waals surface area contributed by atoms with Crippen molar-refractivity contribution in [2.75, 3.05) is 18.9 Å². The summed E-state index contributed by atoms with van der Waals surface area (Å²) in [5, 5.41) is 2.94. The van der Waals surface area contributed by atoms with Gasteiger partial charge in [-0.25, -0.2) is 4.98 Å². The highest BCUT2D eigenvalue weighted by molar-refractivity contribution is 9.10. The van der Waals surface area contributed by atoms with Gasteiger partial charge in [-0.1, -0.05) is 0 Å². The molecule has 0 fully saturated rings. The van der Waals surface area contributed by atoms with E-state index in [0.29, 0.717) is 17.9 Å². The molecule has 0 atom stereocenters. The van der Waals surface area contributed by atoms with E-state index >= 15 is 0 Å². The van der Waals surface area contributed by atoms with E-state index in [1.165, 1.54) is 0 Å². The van der Waals surface area contributed by atoms with Crippen molar-refractivity contribution in [3.8, 4) is 0 Å². The summed E-state index contributed by atoms with van der Waals surface area (Å²) in [6.07, 6.45) is 1.67. The summed E-state index contributed by atoms with van der Waals surface area (Å²) in [5.41, 5.74) is 0.595. The van der Waals surface area contributed by atoms with E-state index in [1.807, 2.05) is 25.7 Å². The second-order valence-corrected chi connectivity index (χ2v) is 4.90. The minimum absolute atomic E-state index is 0.000602. The number of carbonyl (C=O) groups excluding carboxylic acids is 1. The molecule has 1 aromatic rings. The first-order valence-electron chi connectivity index (χ1n) is 5.65. The predicted octanol–water partition coefficient (Wildman–Crippen LogP) is 2.76. The molecule has 17 heavy (non-hydrogen) atoms. The Kier molecular flexibility index (Phi) is 4.93. The normalized spacial score (nSPS) is 10.5. The molecule has 0 aliphatic heterocycles. The van der Waals surface area contributed by atoms with Crippen molar-refractivity contribution in [2.24, 2.45) is 0 Å². The van der Waals surface area contributed by atoms with Crippen LogP contribution in [0.5, 0.6) is 0 Å². The standard InChI is InChI=1S/C12H18BrN3O/c1-5-16(8(2)3)12(17)10-6-9(13)7-15-11(10)14-4/h6-8H,5H2,1-4H3,(H,14,15). The number of carbonyl (C=O) groups is 1. The van der Waals surface area contributed by atoms with Crippen LogP contribution < -0.4 is 5.32 Å². The predicted molar refractivity (Wildman–Crippen MR) is 73.3 cm³/mol. The summed E-state index contributed by atoms with van der Waals surface area (Å²) >= 11 is 3.34. The number of nitrogens with one attached hydrogen (secondary N) is 1. The van der Waals surface area contributed by atoms with Gasteiger partial charge in [-0.3, -0.25) is 4.79 Å². The second kappa shape index (κ2) is 6.00. The minimum atomic E-state index is 0.000602. The van der Waals surface area contributed by atoms with Gasteiger partial charge in [-0.15, -0.1) is 0 Å². The van der Waals surface area contributed by atoms with Crippen LogP contribution in [0.3, 0.4) is 0 Å². The van der Waals surface area contributed by atoms with Crippen LogP contribution in [-0.4, -0.2) is 35.4 Å². The third-order valence-electron chi connectivity index (χ3n) is 2.55. The highest BCUT2D eigenvalue weighted by Crippen LogP contribution is 2.20. The van der Waals surface area contributed by atoms with Gasteiger partial charge in [0.1, 0.15) is 5.82 Å². The largest absolute Gasteiger partial charge is 0.372 e. The summed E-state index contributed by atoms with van der Waals surface area (Å²) in [6, 6.07) is 1.97. The van der Waals surface area contributed by atoms with Crippen LogP contribution in [0.15, 0.2) is 16.7 Å². The van der Waals surface area contributed by atoms with Gasteiger partial charge >= 0.3 is 0 Å². The highest BCUT2D eigenvalue weighted by atomic mass is 79.9. The van der Waals surface area contributed by atoms with Crippen molar-refractivity contribution >= 4 is 27.7 Å². The fourth-order valence-electron chi connectivity index (χ4n) is 1.70. The fourth-order valence-corrected chi connectivity index (χ4v) is 2.03. The first kappa shape index (κ1) is 14.0. The first-order chi connectivity index (χ1) is 8.01. The van der Waals surface area contributed by atoms with Crippen molar-refractivity contribution in [1.82, 2.24) is 9.88 Å². The average molecular weight is 300 g/mol. The lowest BCUT2D eigenvalue weighted by atomic mass is 10.2. The minimum Gasteiger partial charge on any atom is -0.372 e. The molecule has 0 bridgehead atoms. The Balaban J connectivity index is 3.13. The molecule has 0 saturated heterocycles. The number of nitrogens with zero attached hydrogens (tertiary/aromatic N) is 2. The number of anilines is 1. The summed E-state index contributed by atoms with van der Waals surface area (Å²) < 4.78 is 0.805. The van der Waals surface area contributed by atoms with Crippen molar-refractivity contribution in [2.45, 2.75) is 26.8 Å². The van der Waals surface area contributed by atoms with E-state index in [0.717, 1.165) is 4.47 Å². The van der Waals surface area contributed by atoms with Gasteiger partial charge in [0, 0.05) is 30.3 Å². The molecule has 0 spiro atoms. The molecule has 0 saturated carbocycles. The Hall–Kier alpha value is -1.10. The molecule has 0 aromatic carbocycles. The lowest BCUT2D eigenvalue weighted by molar-refractivity contribution is 0.0717. The third kappa shape index (κ3) is 3.19. The van der Waals surface area contributed by atoms with Crippen LogP contribution in [0, 0.1) is 0 Å². The zero-order valence-corrected chi connectivity index (χ0v) is 12.2. The summed E-state index contributed by atoms with van der Waals surface area (Å²) in [5.74, 6) is 0.609. The smallest absolute Gasteiger partial charge is 0.257 e. The number of hydrogen-bond donors (Lipinski definition) is 1. The van der Waals surface area contributed by atoms with Gasteiger partial charge in [0.05, 0.1) is 5.56 Å². The monoisotopic (exact) mass is 299 g/mol. The number of hydrogen-bond acceptors (Lipinski definition) is 3. The zero-order valence-electron chi connectivity index (χ0n) is 10.6. The molecule has 1 rings (SSSR count). The van der Waals surface area contributed by atoms with Gasteiger partial charge < -0.3 is 10.2 Å². The van der Waals surface area contributed by atoms with Crippen molar-refractivity contribution < 1.29 is 4.79 Å². The van der Waals surface area contributed by atoms with E-state index in [9.17, 15) is 4.79 Å². The molecular formula is C12H18BrN3O. The molecule has 1 N–H and O–H groups in total. The van der Waals surface area contributed by atoms with Crippen LogP contribution in [0.25, 0.3) is 0 Å². The van der Waals surface area contributed by atoms with Crippen LogP contribution >= 0.6 is 15.9 Å². The highest BCUT2D eigenvalue weighted by Gasteiger charge is 2.20. The lowest BCUT2D eigenvalue weighted by Crippen LogP contribution is -2.37. The van der Waals surface area contributed by atoms with Gasteiger partial charge in [0.15, 0.2) is 0 Å². The molecule has 4 nitrogen and oxygen atoms in total. The molecule has 5 heteroatoms. The van der Waals surface area contributed by atoms with Crippen molar-refractivity contribution in [1.29, 1.82) is 0 Å². The molecule has 0 aliphatic rings. The number of amides is 1. The Labute approximate surface area is 111 Å². The Morgan fingerprint density at radius 1 is 1.59 bits per heavy atom. The average Bonchev–Trinajstić information content (AvgIpc) is 2.29. The van der Waals surface area contributed by atoms with E-state index in [2.05, 4.69) is 26.2 Å². The van der Waals surface area contributed by atoms with E-state index in [-0.39, 0.29) is 11.9 Å². The summed E-state index contributed by atoms with van der Waals surface area (Å²) in [7, 11) is 1.76. The molecule has 94 valence electrons. The molecule has 0 unspecified atom stereocenters. The molecular weight excluding hydrogens is 282 g/mol.